The number of ether oxygens (including phenoxy) is 3. The number of benzene rings is 2. The Hall–Kier alpha value is -3.40. The van der Waals surface area contributed by atoms with E-state index in [2.05, 4.69) is 10.2 Å². The molecule has 2 saturated heterocycles. The van der Waals surface area contributed by atoms with Crippen LogP contribution in [0.1, 0.15) is 30.7 Å². The largest absolute Gasteiger partial charge is 0.459 e. The first-order chi connectivity index (χ1) is 18.6. The maximum absolute atomic E-state index is 13.6. The van der Waals surface area contributed by atoms with E-state index in [0.717, 1.165) is 11.3 Å². The predicted molar refractivity (Wildman–Crippen MR) is 141 cm³/mol. The van der Waals surface area contributed by atoms with Crippen molar-refractivity contribution in [1.82, 2.24) is 10.2 Å². The smallest absolute Gasteiger partial charge is 0.288 e. The number of hydrogen-bond donors (Lipinski definition) is 2. The number of likely N-dealkylation sites (tertiary alicyclic amines) is 1. The second-order valence-corrected chi connectivity index (χ2v) is 9.79. The summed E-state index contributed by atoms with van der Waals surface area (Å²) in [7, 11) is 0. The molecule has 0 bridgehead atoms. The van der Waals surface area contributed by atoms with Gasteiger partial charge in [-0.05, 0) is 36.6 Å². The van der Waals surface area contributed by atoms with Crippen LogP contribution in [0, 0.1) is 0 Å². The van der Waals surface area contributed by atoms with Crippen LogP contribution < -0.4 is 10.2 Å². The summed E-state index contributed by atoms with van der Waals surface area (Å²) in [6.45, 7) is 2.20. The number of piperidine rings is 1. The molecule has 0 aromatic heterocycles. The van der Waals surface area contributed by atoms with Gasteiger partial charge in [-0.15, -0.1) is 0 Å². The van der Waals surface area contributed by atoms with Gasteiger partial charge in [0, 0.05) is 31.1 Å². The molecule has 5 rings (SSSR count). The number of nitrogens with zero attached hydrogens (tertiary/aromatic N) is 2. The highest BCUT2D eigenvalue weighted by molar-refractivity contribution is 5.95. The lowest BCUT2D eigenvalue weighted by atomic mass is 9.85. The van der Waals surface area contributed by atoms with E-state index < -0.39 is 11.8 Å². The third-order valence-electron chi connectivity index (χ3n) is 7.55. The topological polar surface area (TPSA) is 101 Å². The van der Waals surface area contributed by atoms with Crippen molar-refractivity contribution in [2.45, 2.75) is 37.0 Å². The molecular weight excluding hydrogens is 486 g/mol. The van der Waals surface area contributed by atoms with Crippen LogP contribution in [-0.4, -0.2) is 79.8 Å². The van der Waals surface area contributed by atoms with Gasteiger partial charge in [-0.2, -0.15) is 0 Å². The first kappa shape index (κ1) is 26.2. The number of carbonyl (C=O) groups excluding carboxylic acids is 2. The van der Waals surface area contributed by atoms with Crippen LogP contribution in [0.2, 0.25) is 0 Å². The highest BCUT2D eigenvalue weighted by Gasteiger charge is 2.51. The van der Waals surface area contributed by atoms with Gasteiger partial charge < -0.3 is 34.4 Å². The van der Waals surface area contributed by atoms with Crippen molar-refractivity contribution in [1.29, 1.82) is 0 Å². The number of aliphatic hydroxyl groups excluding tert-OH is 1. The number of nitrogens with one attached hydrogen (secondary N) is 1. The molecule has 202 valence electrons. The minimum atomic E-state index is -0.660. The van der Waals surface area contributed by atoms with Crippen molar-refractivity contribution in [3.63, 3.8) is 0 Å². The van der Waals surface area contributed by atoms with Crippen molar-refractivity contribution in [2.75, 3.05) is 51.1 Å². The predicted octanol–water partition coefficient (Wildman–Crippen LogP) is 2.38. The summed E-state index contributed by atoms with van der Waals surface area (Å²) in [4.78, 5) is 30.5. The van der Waals surface area contributed by atoms with Gasteiger partial charge in [0.1, 0.15) is 5.54 Å². The Morgan fingerprint density at radius 3 is 2.45 bits per heavy atom. The van der Waals surface area contributed by atoms with Crippen molar-refractivity contribution >= 4 is 17.5 Å². The van der Waals surface area contributed by atoms with E-state index in [9.17, 15) is 9.59 Å². The molecule has 0 aliphatic carbocycles. The zero-order valence-corrected chi connectivity index (χ0v) is 21.5. The molecule has 2 unspecified atom stereocenters. The van der Waals surface area contributed by atoms with Crippen molar-refractivity contribution < 1.29 is 28.9 Å². The molecule has 0 radical (unpaired) electrons. The summed E-state index contributed by atoms with van der Waals surface area (Å²) >= 11 is 0. The third kappa shape index (κ3) is 5.55. The number of anilines is 1. The van der Waals surface area contributed by atoms with Gasteiger partial charge in [-0.3, -0.25) is 9.59 Å². The highest BCUT2D eigenvalue weighted by Crippen LogP contribution is 2.37. The van der Waals surface area contributed by atoms with Crippen LogP contribution in [0.25, 0.3) is 0 Å². The molecule has 2 aromatic rings. The van der Waals surface area contributed by atoms with Crippen molar-refractivity contribution in [3.05, 3.63) is 78.1 Å². The molecule has 3 aliphatic heterocycles. The van der Waals surface area contributed by atoms with E-state index in [0.29, 0.717) is 52.2 Å². The zero-order valence-electron chi connectivity index (χ0n) is 21.5. The molecule has 2 amide bonds. The lowest BCUT2D eigenvalue weighted by molar-refractivity contribution is -0.157. The number of carbonyl (C=O) groups is 2. The first-order valence-electron chi connectivity index (χ1n) is 13.2. The summed E-state index contributed by atoms with van der Waals surface area (Å²) in [6.07, 6.45) is 2.96. The van der Waals surface area contributed by atoms with Gasteiger partial charge in [0.15, 0.2) is 5.76 Å². The van der Waals surface area contributed by atoms with E-state index >= 15 is 0 Å². The monoisotopic (exact) mass is 521 g/mol. The molecule has 2 fully saturated rings. The summed E-state index contributed by atoms with van der Waals surface area (Å²) in [6, 6.07) is 19.9. The second-order valence-electron chi connectivity index (χ2n) is 9.79. The van der Waals surface area contributed by atoms with Crippen LogP contribution in [0.15, 0.2) is 72.5 Å². The van der Waals surface area contributed by atoms with E-state index in [1.807, 2.05) is 66.7 Å². The molecule has 9 nitrogen and oxygen atoms in total. The number of amides is 2. The molecule has 38 heavy (non-hydrogen) atoms. The van der Waals surface area contributed by atoms with Crippen LogP contribution in [0.3, 0.4) is 0 Å². The van der Waals surface area contributed by atoms with Crippen LogP contribution in [0.5, 0.6) is 0 Å². The fraction of sp³-hybridized carbons (Fsp3) is 0.448. The van der Waals surface area contributed by atoms with Gasteiger partial charge in [0.2, 0.25) is 12.2 Å². The average molecular weight is 522 g/mol. The van der Waals surface area contributed by atoms with Crippen LogP contribution >= 0.6 is 0 Å². The normalized spacial score (nSPS) is 22.7. The van der Waals surface area contributed by atoms with E-state index in [4.69, 9.17) is 19.3 Å². The highest BCUT2D eigenvalue weighted by atomic mass is 16.7. The average Bonchev–Trinajstić information content (AvgIpc) is 3.28. The number of aliphatic hydroxyl groups is 1. The molecule has 0 saturated carbocycles. The lowest BCUT2D eigenvalue weighted by Crippen LogP contribution is -2.57. The maximum atomic E-state index is 13.6. The van der Waals surface area contributed by atoms with E-state index in [1.54, 1.807) is 4.90 Å². The molecule has 3 aliphatic rings. The Morgan fingerprint density at radius 1 is 1.03 bits per heavy atom. The minimum Gasteiger partial charge on any atom is -0.459 e. The quantitative estimate of drug-likeness (QED) is 0.489. The van der Waals surface area contributed by atoms with Gasteiger partial charge in [0.05, 0.1) is 33.1 Å². The second kappa shape index (κ2) is 12.0. The SMILES string of the molecule is O=C(C1=CC(c2ccccc2)CC(OCCOCCO)O1)N1CCC2(CC1)C(=O)NCN2c1ccccc1. The Kier molecular flexibility index (Phi) is 8.26. The molecule has 2 N–H and O–H groups in total. The Balaban J connectivity index is 1.27. The molecule has 9 heteroatoms. The van der Waals surface area contributed by atoms with Gasteiger partial charge in [-0.25, -0.2) is 0 Å². The zero-order chi connectivity index (χ0) is 26.4. The summed E-state index contributed by atoms with van der Waals surface area (Å²) in [5.74, 6) is 0.0774. The Labute approximate surface area is 223 Å². The van der Waals surface area contributed by atoms with E-state index in [1.165, 1.54) is 0 Å². The number of allylic oxidation sites excluding steroid dienone is 1. The van der Waals surface area contributed by atoms with E-state index in [-0.39, 0.29) is 36.7 Å². The Bertz CT molecular complexity index is 1120. The fourth-order valence-corrected chi connectivity index (χ4v) is 5.52. The van der Waals surface area contributed by atoms with Crippen molar-refractivity contribution in [3.8, 4) is 0 Å². The van der Waals surface area contributed by atoms with Crippen LogP contribution in [0.4, 0.5) is 5.69 Å². The summed E-state index contributed by atoms with van der Waals surface area (Å²) in [5, 5.41) is 11.9. The number of para-hydroxylation sites is 1. The molecule has 2 aromatic carbocycles. The molecule has 2 atom stereocenters. The molecule has 1 spiro atoms. The lowest BCUT2D eigenvalue weighted by Gasteiger charge is -2.43. The summed E-state index contributed by atoms with van der Waals surface area (Å²) < 4.78 is 17.2. The first-order valence-corrected chi connectivity index (χ1v) is 13.2. The minimum absolute atomic E-state index is 0.0163. The van der Waals surface area contributed by atoms with Gasteiger partial charge in [-0.1, -0.05) is 48.5 Å². The van der Waals surface area contributed by atoms with Gasteiger partial charge >= 0.3 is 0 Å². The molecular formula is C29H35N3O6. The number of hydrogen-bond acceptors (Lipinski definition) is 7. The fourth-order valence-electron chi connectivity index (χ4n) is 5.52. The van der Waals surface area contributed by atoms with Gasteiger partial charge in [0.25, 0.3) is 5.91 Å². The maximum Gasteiger partial charge on any atom is 0.288 e. The summed E-state index contributed by atoms with van der Waals surface area (Å²) in [5.41, 5.74) is 1.43. The number of rotatable bonds is 9. The molecule has 3 heterocycles. The third-order valence-corrected chi connectivity index (χ3v) is 7.55. The standard InChI is InChI=1S/C29H35N3O6/c33-15-16-36-17-18-37-26-20-23(22-7-3-1-4-8-22)19-25(38-26)27(34)31-13-11-29(12-14-31)28(35)30-21-32(29)24-9-5-2-6-10-24/h1-10,19,23,26,33H,11-18,20-21H2,(H,30,35). The van der Waals surface area contributed by atoms with Crippen LogP contribution in [-0.2, 0) is 23.8 Å². The van der Waals surface area contributed by atoms with Crippen molar-refractivity contribution in [2.24, 2.45) is 0 Å². The Morgan fingerprint density at radius 2 is 1.74 bits per heavy atom.